The van der Waals surface area contributed by atoms with Gasteiger partial charge in [-0.15, -0.1) is 11.3 Å². The number of nitrogens with two attached hydrogens (primary N) is 1. The van der Waals surface area contributed by atoms with E-state index in [4.69, 9.17) is 10.5 Å². The average Bonchev–Trinajstić information content (AvgIpc) is 2.81. The number of ether oxygens (including phenoxy) is 1. The number of hydrogen-bond acceptors (Lipinski definition) is 4. The van der Waals surface area contributed by atoms with E-state index >= 15 is 0 Å². The topological polar surface area (TPSA) is 38.5 Å². The Morgan fingerprint density at radius 2 is 2.18 bits per heavy atom. The zero-order chi connectivity index (χ0) is 12.3. The van der Waals surface area contributed by atoms with Crippen molar-refractivity contribution in [3.05, 3.63) is 40.6 Å². The molecule has 0 aliphatic heterocycles. The molecule has 2 rings (SSSR count). The molecule has 17 heavy (non-hydrogen) atoms. The number of methoxy groups -OCH3 is 1. The summed E-state index contributed by atoms with van der Waals surface area (Å²) in [6, 6.07) is 9.95. The zero-order valence-corrected chi connectivity index (χ0v) is 10.8. The molecule has 90 valence electrons. The van der Waals surface area contributed by atoms with Crippen molar-refractivity contribution in [3.63, 3.8) is 0 Å². The Hall–Kier alpha value is -1.68. The normalized spacial score (nSPS) is 10.2. The van der Waals surface area contributed by atoms with Gasteiger partial charge in [0.25, 0.3) is 0 Å². The predicted molar refractivity (Wildman–Crippen MR) is 73.8 cm³/mol. The Labute approximate surface area is 105 Å². The van der Waals surface area contributed by atoms with Gasteiger partial charge < -0.3 is 15.4 Å². The molecule has 0 amide bonds. The molecule has 4 heteroatoms. The second-order valence-electron chi connectivity index (χ2n) is 3.86. The predicted octanol–water partition coefficient (Wildman–Crippen LogP) is 2.98. The Balaban J connectivity index is 2.16. The lowest BCUT2D eigenvalue weighted by Crippen LogP contribution is -2.17. The lowest BCUT2D eigenvalue weighted by Gasteiger charge is -2.20. The molecule has 0 aliphatic rings. The van der Waals surface area contributed by atoms with Crippen LogP contribution in [0.2, 0.25) is 0 Å². The van der Waals surface area contributed by atoms with Gasteiger partial charge in [0.1, 0.15) is 5.75 Å². The molecule has 0 spiro atoms. The maximum atomic E-state index is 6.01. The number of anilines is 2. The van der Waals surface area contributed by atoms with Crippen molar-refractivity contribution in [2.75, 3.05) is 24.8 Å². The van der Waals surface area contributed by atoms with Crippen molar-refractivity contribution in [2.45, 2.75) is 6.54 Å². The second-order valence-corrected chi connectivity index (χ2v) is 4.89. The van der Waals surface area contributed by atoms with Crippen LogP contribution in [0.15, 0.2) is 35.7 Å². The molecule has 0 aliphatic carbocycles. The van der Waals surface area contributed by atoms with Gasteiger partial charge >= 0.3 is 0 Å². The van der Waals surface area contributed by atoms with Gasteiger partial charge in [0.2, 0.25) is 0 Å². The summed E-state index contributed by atoms with van der Waals surface area (Å²) >= 11 is 1.75. The van der Waals surface area contributed by atoms with E-state index in [1.807, 2.05) is 25.2 Å². The minimum atomic E-state index is 0.739. The van der Waals surface area contributed by atoms with Gasteiger partial charge in [-0.1, -0.05) is 6.07 Å². The molecule has 1 aromatic carbocycles. The van der Waals surface area contributed by atoms with Crippen molar-refractivity contribution in [1.82, 2.24) is 0 Å². The molecule has 3 nitrogen and oxygen atoms in total. The standard InChI is InChI=1S/C13H16N2OS/c1-15(9-11-4-3-7-17-11)13-6-5-10(16-2)8-12(13)14/h3-8H,9,14H2,1-2H3. The fourth-order valence-corrected chi connectivity index (χ4v) is 2.49. The van der Waals surface area contributed by atoms with Crippen LogP contribution in [-0.2, 0) is 6.54 Å². The Morgan fingerprint density at radius 1 is 1.35 bits per heavy atom. The summed E-state index contributed by atoms with van der Waals surface area (Å²) < 4.78 is 5.14. The van der Waals surface area contributed by atoms with E-state index < -0.39 is 0 Å². The van der Waals surface area contributed by atoms with E-state index in [1.54, 1.807) is 18.4 Å². The molecule has 0 bridgehead atoms. The van der Waals surface area contributed by atoms with Gasteiger partial charge in [-0.05, 0) is 23.6 Å². The second kappa shape index (κ2) is 5.10. The number of nitrogens with zero attached hydrogens (tertiary/aromatic N) is 1. The molecule has 0 saturated carbocycles. The molecule has 2 N–H and O–H groups in total. The van der Waals surface area contributed by atoms with Gasteiger partial charge in [0, 0.05) is 18.0 Å². The third-order valence-electron chi connectivity index (χ3n) is 2.62. The van der Waals surface area contributed by atoms with Crippen LogP contribution >= 0.6 is 11.3 Å². The van der Waals surface area contributed by atoms with Gasteiger partial charge in [0.15, 0.2) is 0 Å². The zero-order valence-electron chi connectivity index (χ0n) is 10.0. The first kappa shape index (κ1) is 11.8. The van der Waals surface area contributed by atoms with Crippen molar-refractivity contribution >= 4 is 22.7 Å². The number of rotatable bonds is 4. The molecular formula is C13H16N2OS. The molecule has 1 heterocycles. The number of benzene rings is 1. The number of hydrogen-bond donors (Lipinski definition) is 1. The van der Waals surface area contributed by atoms with Gasteiger partial charge in [-0.2, -0.15) is 0 Å². The Bertz CT molecular complexity index is 482. The van der Waals surface area contributed by atoms with Gasteiger partial charge in [-0.25, -0.2) is 0 Å². The summed E-state index contributed by atoms with van der Waals surface area (Å²) in [7, 11) is 3.68. The van der Waals surface area contributed by atoms with Gasteiger partial charge in [-0.3, -0.25) is 0 Å². The first-order valence-corrected chi connectivity index (χ1v) is 6.25. The Kier molecular flexibility index (Phi) is 3.54. The monoisotopic (exact) mass is 248 g/mol. The minimum Gasteiger partial charge on any atom is -0.497 e. The quantitative estimate of drug-likeness (QED) is 0.845. The highest BCUT2D eigenvalue weighted by Gasteiger charge is 2.07. The maximum absolute atomic E-state index is 6.01. The Morgan fingerprint density at radius 3 is 2.76 bits per heavy atom. The first-order valence-electron chi connectivity index (χ1n) is 5.37. The minimum absolute atomic E-state index is 0.739. The van der Waals surface area contributed by atoms with Crippen LogP contribution in [0.4, 0.5) is 11.4 Å². The fraction of sp³-hybridized carbons (Fsp3) is 0.231. The molecule has 0 fully saturated rings. The van der Waals surface area contributed by atoms with Crippen LogP contribution in [0.1, 0.15) is 4.88 Å². The van der Waals surface area contributed by atoms with E-state index in [1.165, 1.54) is 4.88 Å². The van der Waals surface area contributed by atoms with Gasteiger partial charge in [0.05, 0.1) is 25.0 Å². The molecule has 0 saturated heterocycles. The molecule has 2 aromatic rings. The highest BCUT2D eigenvalue weighted by molar-refractivity contribution is 7.09. The van der Waals surface area contributed by atoms with Crippen LogP contribution in [0, 0.1) is 0 Å². The summed E-state index contributed by atoms with van der Waals surface area (Å²) in [5, 5.41) is 2.08. The van der Waals surface area contributed by atoms with Crippen LogP contribution in [0.25, 0.3) is 0 Å². The van der Waals surface area contributed by atoms with E-state index in [0.29, 0.717) is 0 Å². The van der Waals surface area contributed by atoms with E-state index in [9.17, 15) is 0 Å². The third-order valence-corrected chi connectivity index (χ3v) is 3.48. The molecule has 0 atom stereocenters. The molecular weight excluding hydrogens is 232 g/mol. The maximum Gasteiger partial charge on any atom is 0.121 e. The summed E-state index contributed by atoms with van der Waals surface area (Å²) in [5.74, 6) is 0.788. The SMILES string of the molecule is COc1ccc(N(C)Cc2cccs2)c(N)c1. The van der Waals surface area contributed by atoms with E-state index in [-0.39, 0.29) is 0 Å². The summed E-state index contributed by atoms with van der Waals surface area (Å²) in [6.07, 6.45) is 0. The largest absolute Gasteiger partial charge is 0.497 e. The van der Waals surface area contributed by atoms with E-state index in [2.05, 4.69) is 22.4 Å². The average molecular weight is 248 g/mol. The van der Waals surface area contributed by atoms with Crippen LogP contribution in [-0.4, -0.2) is 14.2 Å². The van der Waals surface area contributed by atoms with Crippen molar-refractivity contribution in [3.8, 4) is 5.75 Å². The van der Waals surface area contributed by atoms with Crippen LogP contribution < -0.4 is 15.4 Å². The first-order chi connectivity index (χ1) is 8.20. The lowest BCUT2D eigenvalue weighted by atomic mass is 10.2. The fourth-order valence-electron chi connectivity index (χ4n) is 1.73. The summed E-state index contributed by atoms with van der Waals surface area (Å²) in [4.78, 5) is 3.46. The summed E-state index contributed by atoms with van der Waals surface area (Å²) in [6.45, 7) is 0.869. The smallest absolute Gasteiger partial charge is 0.121 e. The van der Waals surface area contributed by atoms with Crippen molar-refractivity contribution < 1.29 is 4.74 Å². The molecule has 0 radical (unpaired) electrons. The number of thiophene rings is 1. The number of nitrogen functional groups attached to an aromatic ring is 1. The third kappa shape index (κ3) is 2.71. The summed E-state index contributed by atoms with van der Waals surface area (Å²) in [5.41, 5.74) is 7.77. The molecule has 1 aromatic heterocycles. The molecule has 0 unspecified atom stereocenters. The lowest BCUT2D eigenvalue weighted by molar-refractivity contribution is 0.415. The van der Waals surface area contributed by atoms with Crippen molar-refractivity contribution in [1.29, 1.82) is 0 Å². The van der Waals surface area contributed by atoms with Crippen LogP contribution in [0.5, 0.6) is 5.75 Å². The van der Waals surface area contributed by atoms with Crippen molar-refractivity contribution in [2.24, 2.45) is 0 Å². The van der Waals surface area contributed by atoms with E-state index in [0.717, 1.165) is 23.7 Å². The van der Waals surface area contributed by atoms with Crippen LogP contribution in [0.3, 0.4) is 0 Å². The highest BCUT2D eigenvalue weighted by Crippen LogP contribution is 2.28. The highest BCUT2D eigenvalue weighted by atomic mass is 32.1.